The van der Waals surface area contributed by atoms with Crippen molar-refractivity contribution in [3.63, 3.8) is 0 Å². The van der Waals surface area contributed by atoms with Crippen molar-refractivity contribution < 1.29 is 4.79 Å². The van der Waals surface area contributed by atoms with E-state index in [0.29, 0.717) is 18.2 Å². The van der Waals surface area contributed by atoms with Gasteiger partial charge in [0.15, 0.2) is 0 Å². The molecular formula is C18H23N3O. The molecule has 116 valence electrons. The van der Waals surface area contributed by atoms with Crippen molar-refractivity contribution in [1.29, 1.82) is 0 Å². The summed E-state index contributed by atoms with van der Waals surface area (Å²) in [5.74, 6) is 0.481. The van der Waals surface area contributed by atoms with Crippen LogP contribution in [0.5, 0.6) is 0 Å². The summed E-state index contributed by atoms with van der Waals surface area (Å²) in [6.45, 7) is 7.90. The third-order valence-electron chi connectivity index (χ3n) is 4.10. The molecule has 2 N–H and O–H groups in total. The Morgan fingerprint density at radius 2 is 2.00 bits per heavy atom. The van der Waals surface area contributed by atoms with E-state index in [4.69, 9.17) is 0 Å². The summed E-state index contributed by atoms with van der Waals surface area (Å²) in [6, 6.07) is 8.26. The molecule has 2 aliphatic rings. The maximum absolute atomic E-state index is 12.3. The number of amides is 1. The number of allylic oxidation sites excluding steroid dienone is 1. The quantitative estimate of drug-likeness (QED) is 0.900. The van der Waals surface area contributed by atoms with E-state index in [0.717, 1.165) is 29.8 Å². The number of nitrogens with one attached hydrogen (secondary N) is 2. The van der Waals surface area contributed by atoms with Gasteiger partial charge in [-0.25, -0.2) is 0 Å². The summed E-state index contributed by atoms with van der Waals surface area (Å²) in [5.41, 5.74) is 5.16. The summed E-state index contributed by atoms with van der Waals surface area (Å²) in [4.78, 5) is 16.8. The van der Waals surface area contributed by atoms with Crippen LogP contribution >= 0.6 is 0 Å². The van der Waals surface area contributed by atoms with Gasteiger partial charge in [0.2, 0.25) is 0 Å². The Balaban J connectivity index is 2.07. The van der Waals surface area contributed by atoms with E-state index in [-0.39, 0.29) is 11.9 Å². The average Bonchev–Trinajstić information content (AvgIpc) is 2.66. The number of carbonyl (C=O) groups excluding carboxylic acids is 1. The highest BCUT2D eigenvalue weighted by Crippen LogP contribution is 2.32. The third-order valence-corrected chi connectivity index (χ3v) is 4.10. The smallest absolute Gasteiger partial charge is 0.270 e. The second-order valence-corrected chi connectivity index (χ2v) is 6.46. The number of fused-ring (bicyclic) bond motifs is 1. The van der Waals surface area contributed by atoms with Gasteiger partial charge in [0.25, 0.3) is 5.91 Å². The Kier molecular flexibility index (Phi) is 4.01. The van der Waals surface area contributed by atoms with Crippen LogP contribution in [0.2, 0.25) is 0 Å². The molecule has 4 nitrogen and oxygen atoms in total. The van der Waals surface area contributed by atoms with Gasteiger partial charge in [0, 0.05) is 17.8 Å². The van der Waals surface area contributed by atoms with E-state index >= 15 is 0 Å². The van der Waals surface area contributed by atoms with Crippen LogP contribution in [-0.2, 0) is 4.79 Å². The topological polar surface area (TPSA) is 53.5 Å². The number of hydrogen-bond donors (Lipinski definition) is 2. The Hall–Kier alpha value is -2.10. The molecule has 0 spiro atoms. The zero-order valence-corrected chi connectivity index (χ0v) is 13.4. The molecule has 0 aromatic heterocycles. The lowest BCUT2D eigenvalue weighted by atomic mass is 9.93. The highest BCUT2D eigenvalue weighted by atomic mass is 16.2. The molecule has 22 heavy (non-hydrogen) atoms. The summed E-state index contributed by atoms with van der Waals surface area (Å²) in [5, 5.41) is 6.58. The maximum Gasteiger partial charge on any atom is 0.270 e. The standard InChI is InChI=1S/C18H23N3O/c1-11(2)10-14-15-16(13-6-4-12(3)5-7-13)21-18(22)17(15)20-9-8-19-14/h4-7,11,16,19H,8-10H2,1-3H3,(H,21,22). The number of aliphatic imine (C=N–C) groups is 1. The van der Waals surface area contributed by atoms with Crippen molar-refractivity contribution in [3.05, 3.63) is 46.7 Å². The van der Waals surface area contributed by atoms with Crippen LogP contribution in [0, 0.1) is 12.8 Å². The fraction of sp³-hybridized carbons (Fsp3) is 0.444. The highest BCUT2D eigenvalue weighted by Gasteiger charge is 2.37. The molecule has 0 radical (unpaired) electrons. The van der Waals surface area contributed by atoms with Crippen LogP contribution in [0.15, 0.2) is 40.5 Å². The van der Waals surface area contributed by atoms with Crippen LogP contribution < -0.4 is 10.6 Å². The largest absolute Gasteiger partial charge is 0.386 e. The third kappa shape index (κ3) is 2.78. The first-order chi connectivity index (χ1) is 10.6. The number of rotatable bonds is 3. The van der Waals surface area contributed by atoms with Crippen LogP contribution in [0.1, 0.15) is 37.4 Å². The summed E-state index contributed by atoms with van der Waals surface area (Å²) < 4.78 is 0. The fourth-order valence-electron chi connectivity index (χ4n) is 3.07. The lowest BCUT2D eigenvalue weighted by Crippen LogP contribution is -2.23. The van der Waals surface area contributed by atoms with E-state index < -0.39 is 0 Å². The van der Waals surface area contributed by atoms with Gasteiger partial charge < -0.3 is 10.6 Å². The average molecular weight is 297 g/mol. The molecule has 1 unspecified atom stereocenters. The Morgan fingerprint density at radius 1 is 1.27 bits per heavy atom. The molecule has 4 heteroatoms. The Labute approximate surface area is 131 Å². The van der Waals surface area contributed by atoms with Crippen LogP contribution in [0.4, 0.5) is 0 Å². The number of benzene rings is 1. The molecule has 1 fully saturated rings. The van der Waals surface area contributed by atoms with Crippen molar-refractivity contribution >= 4 is 11.6 Å². The van der Waals surface area contributed by atoms with Crippen molar-refractivity contribution in [2.75, 3.05) is 13.1 Å². The molecule has 1 saturated heterocycles. The zero-order chi connectivity index (χ0) is 15.7. The molecule has 1 atom stereocenters. The van der Waals surface area contributed by atoms with Crippen LogP contribution in [0.3, 0.4) is 0 Å². The monoisotopic (exact) mass is 297 g/mol. The number of hydrogen-bond acceptors (Lipinski definition) is 3. The Bertz CT molecular complexity index is 641. The van der Waals surface area contributed by atoms with Gasteiger partial charge in [-0.05, 0) is 24.8 Å². The van der Waals surface area contributed by atoms with Gasteiger partial charge in [-0.2, -0.15) is 0 Å². The molecule has 3 rings (SSSR count). The van der Waals surface area contributed by atoms with E-state index in [2.05, 4.69) is 60.7 Å². The minimum atomic E-state index is -0.0915. The summed E-state index contributed by atoms with van der Waals surface area (Å²) in [7, 11) is 0. The molecule has 0 aliphatic carbocycles. The van der Waals surface area contributed by atoms with Crippen molar-refractivity contribution in [3.8, 4) is 0 Å². The highest BCUT2D eigenvalue weighted by molar-refractivity contribution is 6.48. The lowest BCUT2D eigenvalue weighted by molar-refractivity contribution is -0.114. The molecule has 0 saturated carbocycles. The summed E-state index contributed by atoms with van der Waals surface area (Å²) >= 11 is 0. The molecular weight excluding hydrogens is 274 g/mol. The first-order valence-corrected chi connectivity index (χ1v) is 7.95. The first kappa shape index (κ1) is 14.8. The predicted octanol–water partition coefficient (Wildman–Crippen LogP) is 2.51. The van der Waals surface area contributed by atoms with E-state index in [1.165, 1.54) is 5.56 Å². The van der Waals surface area contributed by atoms with Gasteiger partial charge in [-0.1, -0.05) is 43.7 Å². The van der Waals surface area contributed by atoms with Gasteiger partial charge >= 0.3 is 0 Å². The number of nitrogens with zero attached hydrogens (tertiary/aromatic N) is 1. The Morgan fingerprint density at radius 3 is 2.68 bits per heavy atom. The maximum atomic E-state index is 12.3. The van der Waals surface area contributed by atoms with Crippen molar-refractivity contribution in [2.24, 2.45) is 10.9 Å². The number of aryl methyl sites for hydroxylation is 1. The summed E-state index contributed by atoms with van der Waals surface area (Å²) in [6.07, 6.45) is 0.936. The van der Waals surface area contributed by atoms with Crippen molar-refractivity contribution in [1.82, 2.24) is 10.6 Å². The van der Waals surface area contributed by atoms with Crippen LogP contribution in [-0.4, -0.2) is 24.7 Å². The lowest BCUT2D eigenvalue weighted by Gasteiger charge is -2.19. The van der Waals surface area contributed by atoms with E-state index in [9.17, 15) is 4.79 Å². The first-order valence-electron chi connectivity index (χ1n) is 7.95. The van der Waals surface area contributed by atoms with E-state index in [1.54, 1.807) is 0 Å². The van der Waals surface area contributed by atoms with Crippen LogP contribution in [0.25, 0.3) is 0 Å². The predicted molar refractivity (Wildman–Crippen MR) is 88.8 cm³/mol. The molecule has 1 aromatic carbocycles. The molecule has 2 aliphatic heterocycles. The normalized spacial score (nSPS) is 21.2. The van der Waals surface area contributed by atoms with Crippen molar-refractivity contribution in [2.45, 2.75) is 33.2 Å². The second kappa shape index (κ2) is 5.95. The molecule has 2 heterocycles. The van der Waals surface area contributed by atoms with Gasteiger partial charge in [-0.15, -0.1) is 0 Å². The molecule has 1 amide bonds. The SMILES string of the molecule is Cc1ccc(C2NC(=O)C3=NCCNC(CC(C)C)=C32)cc1. The fourth-order valence-corrected chi connectivity index (χ4v) is 3.07. The zero-order valence-electron chi connectivity index (χ0n) is 13.4. The minimum absolute atomic E-state index is 0.0504. The minimum Gasteiger partial charge on any atom is -0.386 e. The van der Waals surface area contributed by atoms with Gasteiger partial charge in [0.1, 0.15) is 5.71 Å². The molecule has 1 aromatic rings. The number of carbonyl (C=O) groups is 1. The second-order valence-electron chi connectivity index (χ2n) is 6.46. The van der Waals surface area contributed by atoms with E-state index in [1.807, 2.05) is 0 Å². The molecule has 0 bridgehead atoms. The van der Waals surface area contributed by atoms with Gasteiger partial charge in [-0.3, -0.25) is 9.79 Å². The van der Waals surface area contributed by atoms with Gasteiger partial charge in [0.05, 0.1) is 12.6 Å².